The number of aliphatic hydroxyl groups is 1. The van der Waals surface area contributed by atoms with E-state index in [9.17, 15) is 14.7 Å². The van der Waals surface area contributed by atoms with Crippen molar-refractivity contribution >= 4 is 44.7 Å². The van der Waals surface area contributed by atoms with Gasteiger partial charge in [0.15, 0.2) is 6.29 Å². The SMILES string of the molecule is CCOC(=O)CC(c1cc(C=O)c2sccc2c1)c1ccc2c(nnn2CC(C)(C)O)c1C. The monoisotopic (exact) mass is 465 g/mol. The molecule has 1 unspecified atom stereocenters. The Morgan fingerprint density at radius 3 is 2.79 bits per heavy atom. The summed E-state index contributed by atoms with van der Waals surface area (Å²) in [4.78, 5) is 24.3. The molecule has 0 aliphatic rings. The van der Waals surface area contributed by atoms with Crippen LogP contribution in [0.1, 0.15) is 60.2 Å². The molecule has 8 heteroatoms. The topological polar surface area (TPSA) is 94.3 Å². The fourth-order valence-electron chi connectivity index (χ4n) is 4.26. The quantitative estimate of drug-likeness (QED) is 0.301. The van der Waals surface area contributed by atoms with Gasteiger partial charge in [0.1, 0.15) is 5.52 Å². The smallest absolute Gasteiger partial charge is 0.306 e. The average Bonchev–Trinajstić information content (AvgIpc) is 3.38. The number of fused-ring (bicyclic) bond motifs is 2. The molecule has 0 fully saturated rings. The van der Waals surface area contributed by atoms with Crippen molar-refractivity contribution in [3.8, 4) is 0 Å². The zero-order valence-corrected chi connectivity index (χ0v) is 20.0. The van der Waals surface area contributed by atoms with E-state index in [1.165, 1.54) is 11.3 Å². The van der Waals surface area contributed by atoms with Crippen molar-refractivity contribution in [1.29, 1.82) is 0 Å². The number of rotatable bonds is 8. The van der Waals surface area contributed by atoms with E-state index in [1.807, 2.05) is 42.6 Å². The summed E-state index contributed by atoms with van der Waals surface area (Å²) >= 11 is 1.52. The van der Waals surface area contributed by atoms with Crippen molar-refractivity contribution in [3.63, 3.8) is 0 Å². The fraction of sp³-hybridized carbons (Fsp3) is 0.360. The highest BCUT2D eigenvalue weighted by atomic mass is 32.1. The lowest BCUT2D eigenvalue weighted by atomic mass is 9.84. The molecule has 0 spiro atoms. The Morgan fingerprint density at radius 1 is 1.30 bits per heavy atom. The van der Waals surface area contributed by atoms with Crippen LogP contribution in [0.4, 0.5) is 0 Å². The number of benzene rings is 2. The number of carbonyl (C=O) groups is 2. The molecule has 2 aromatic heterocycles. The molecule has 2 heterocycles. The van der Waals surface area contributed by atoms with Crippen molar-refractivity contribution in [1.82, 2.24) is 15.0 Å². The number of esters is 1. The van der Waals surface area contributed by atoms with Crippen molar-refractivity contribution in [2.24, 2.45) is 0 Å². The van der Waals surface area contributed by atoms with Gasteiger partial charge in [-0.3, -0.25) is 9.59 Å². The van der Waals surface area contributed by atoms with Crippen LogP contribution in [-0.4, -0.2) is 44.6 Å². The summed E-state index contributed by atoms with van der Waals surface area (Å²) in [6, 6.07) is 9.79. The third-order valence-corrected chi connectivity index (χ3v) is 6.68. The van der Waals surface area contributed by atoms with E-state index < -0.39 is 5.60 Å². The summed E-state index contributed by atoms with van der Waals surface area (Å²) in [5.41, 5.74) is 3.93. The van der Waals surface area contributed by atoms with Crippen LogP contribution in [0.3, 0.4) is 0 Å². The fourth-order valence-corrected chi connectivity index (χ4v) is 5.12. The summed E-state index contributed by atoms with van der Waals surface area (Å²) < 4.78 is 7.89. The molecule has 0 amide bonds. The van der Waals surface area contributed by atoms with Gasteiger partial charge in [0.25, 0.3) is 0 Å². The Labute approximate surface area is 196 Å². The number of aromatic nitrogens is 3. The Balaban J connectivity index is 1.85. The van der Waals surface area contributed by atoms with E-state index in [0.29, 0.717) is 18.7 Å². The third-order valence-electron chi connectivity index (χ3n) is 5.70. The first kappa shape index (κ1) is 23.1. The molecule has 172 valence electrons. The maximum Gasteiger partial charge on any atom is 0.306 e. The standard InChI is InChI=1S/C25H27N3O4S/c1-5-32-22(30)12-20(17-10-16-8-9-33-24(16)18(11-17)13-29)19-6-7-21-23(15(19)2)26-27-28(21)14-25(3,4)31/h6-11,13,20,31H,5,12,14H2,1-4H3. The number of thiophene rings is 1. The molecule has 0 bridgehead atoms. The minimum absolute atomic E-state index is 0.145. The first-order valence-corrected chi connectivity index (χ1v) is 11.8. The predicted molar refractivity (Wildman–Crippen MR) is 129 cm³/mol. The van der Waals surface area contributed by atoms with Gasteiger partial charge in [-0.25, -0.2) is 4.68 Å². The Hall–Kier alpha value is -3.10. The van der Waals surface area contributed by atoms with Gasteiger partial charge >= 0.3 is 5.97 Å². The van der Waals surface area contributed by atoms with Gasteiger partial charge in [-0.1, -0.05) is 11.3 Å². The molecule has 0 aliphatic heterocycles. The van der Waals surface area contributed by atoms with Crippen LogP contribution in [0.5, 0.6) is 0 Å². The van der Waals surface area contributed by atoms with Gasteiger partial charge < -0.3 is 9.84 Å². The summed E-state index contributed by atoms with van der Waals surface area (Å²) in [5, 5.41) is 21.7. The molecule has 0 radical (unpaired) electrons. The molecule has 0 saturated carbocycles. The van der Waals surface area contributed by atoms with E-state index in [2.05, 4.69) is 10.3 Å². The molecule has 2 aromatic carbocycles. The molecular formula is C25H27N3O4S. The van der Waals surface area contributed by atoms with Gasteiger partial charge in [-0.05, 0) is 79.4 Å². The van der Waals surface area contributed by atoms with Crippen molar-refractivity contribution in [3.05, 3.63) is 58.0 Å². The molecule has 7 nitrogen and oxygen atoms in total. The molecule has 1 atom stereocenters. The maximum absolute atomic E-state index is 12.6. The number of hydrogen-bond donors (Lipinski definition) is 1. The van der Waals surface area contributed by atoms with Gasteiger partial charge in [0.2, 0.25) is 0 Å². The highest BCUT2D eigenvalue weighted by molar-refractivity contribution is 7.17. The van der Waals surface area contributed by atoms with Gasteiger partial charge in [-0.15, -0.1) is 16.4 Å². The number of nitrogens with zero attached hydrogens (tertiary/aromatic N) is 3. The minimum Gasteiger partial charge on any atom is -0.466 e. The molecule has 33 heavy (non-hydrogen) atoms. The largest absolute Gasteiger partial charge is 0.466 e. The Bertz CT molecular complexity index is 1330. The van der Waals surface area contributed by atoms with Crippen LogP contribution in [0.25, 0.3) is 21.1 Å². The molecular weight excluding hydrogens is 438 g/mol. The second kappa shape index (κ2) is 9.03. The zero-order chi connectivity index (χ0) is 23.8. The maximum atomic E-state index is 12.6. The highest BCUT2D eigenvalue weighted by Gasteiger charge is 2.25. The number of hydrogen-bond acceptors (Lipinski definition) is 7. The number of aryl methyl sites for hydroxylation is 1. The van der Waals surface area contributed by atoms with E-state index >= 15 is 0 Å². The summed E-state index contributed by atoms with van der Waals surface area (Å²) in [6.07, 6.45) is 1.01. The normalized spacial score (nSPS) is 12.9. The van der Waals surface area contributed by atoms with Crippen molar-refractivity contribution < 1.29 is 19.4 Å². The van der Waals surface area contributed by atoms with E-state index in [0.717, 1.165) is 44.1 Å². The number of carbonyl (C=O) groups excluding carboxylic acids is 2. The van der Waals surface area contributed by atoms with Gasteiger partial charge in [0.05, 0.1) is 30.7 Å². The number of aldehydes is 1. The summed E-state index contributed by atoms with van der Waals surface area (Å²) in [7, 11) is 0. The second-order valence-electron chi connectivity index (χ2n) is 8.84. The zero-order valence-electron chi connectivity index (χ0n) is 19.2. The first-order chi connectivity index (χ1) is 15.7. The molecule has 0 aliphatic carbocycles. The summed E-state index contributed by atoms with van der Waals surface area (Å²) in [5.74, 6) is -0.610. The molecule has 4 rings (SSSR count). The van der Waals surface area contributed by atoms with Crippen LogP contribution in [0.15, 0.2) is 35.7 Å². The minimum atomic E-state index is -0.930. The third kappa shape index (κ3) is 4.67. The lowest BCUT2D eigenvalue weighted by Gasteiger charge is -2.21. The predicted octanol–water partition coefficient (Wildman–Crippen LogP) is 4.62. The lowest BCUT2D eigenvalue weighted by molar-refractivity contribution is -0.143. The van der Waals surface area contributed by atoms with Crippen LogP contribution in [-0.2, 0) is 16.1 Å². The summed E-state index contributed by atoms with van der Waals surface area (Å²) in [6.45, 7) is 7.81. The van der Waals surface area contributed by atoms with Gasteiger partial charge in [-0.2, -0.15) is 0 Å². The molecule has 1 N–H and O–H groups in total. The first-order valence-electron chi connectivity index (χ1n) is 10.9. The van der Waals surface area contributed by atoms with Crippen LogP contribution in [0.2, 0.25) is 0 Å². The van der Waals surface area contributed by atoms with Crippen LogP contribution < -0.4 is 0 Å². The van der Waals surface area contributed by atoms with Crippen molar-refractivity contribution in [2.45, 2.75) is 52.2 Å². The van der Waals surface area contributed by atoms with E-state index in [-0.39, 0.29) is 18.3 Å². The Morgan fingerprint density at radius 2 is 2.09 bits per heavy atom. The average molecular weight is 466 g/mol. The van der Waals surface area contributed by atoms with Crippen LogP contribution in [0, 0.1) is 6.92 Å². The second-order valence-corrected chi connectivity index (χ2v) is 9.75. The molecule has 4 aromatic rings. The number of ether oxygens (including phenoxy) is 1. The molecule has 0 saturated heterocycles. The lowest BCUT2D eigenvalue weighted by Crippen LogP contribution is -2.26. The Kier molecular flexibility index (Phi) is 6.32. The van der Waals surface area contributed by atoms with Gasteiger partial charge in [0, 0.05) is 16.2 Å². The van der Waals surface area contributed by atoms with E-state index in [1.54, 1.807) is 25.5 Å². The van der Waals surface area contributed by atoms with Crippen molar-refractivity contribution in [2.75, 3.05) is 6.61 Å². The highest BCUT2D eigenvalue weighted by Crippen LogP contribution is 2.37. The van der Waals surface area contributed by atoms with E-state index in [4.69, 9.17) is 4.74 Å². The van der Waals surface area contributed by atoms with Crippen LogP contribution >= 0.6 is 11.3 Å².